The van der Waals surface area contributed by atoms with Crippen molar-refractivity contribution in [2.75, 3.05) is 5.73 Å². The molecule has 3 N–H and O–H groups in total. The molecule has 0 unspecified atom stereocenters. The maximum Gasteiger partial charge on any atom is 0.251 e. The van der Waals surface area contributed by atoms with Crippen LogP contribution in [0.15, 0.2) is 54.6 Å². The summed E-state index contributed by atoms with van der Waals surface area (Å²) in [7, 11) is 1.89. The number of nitrogen functional groups attached to an aromatic ring is 1. The molecule has 1 atom stereocenters. The lowest BCUT2D eigenvalue weighted by Crippen LogP contribution is -3.00. The van der Waals surface area contributed by atoms with Crippen LogP contribution in [0.4, 0.5) is 5.69 Å². The number of anilines is 1. The molecule has 1 aliphatic rings. The standard InChI is InChI=1S/C23H21N3O2.HI/c1-26-20-5-3-2-4-18(20)16(9-6-15-7-10-17(24)11-8-15)14-21(26)23(28)19-12-13-22(27)25-19;/h2-11,14,19,24H,12-13H2,1H3,(H,25,27);1H/t19-;/m0./s1. The van der Waals surface area contributed by atoms with Gasteiger partial charge in [-0.05, 0) is 35.7 Å². The number of ketones is 1. The summed E-state index contributed by atoms with van der Waals surface area (Å²) in [5, 5.41) is 3.84. The van der Waals surface area contributed by atoms with E-state index in [9.17, 15) is 9.59 Å². The predicted molar refractivity (Wildman–Crippen MR) is 110 cm³/mol. The van der Waals surface area contributed by atoms with Crippen LogP contribution in [0.2, 0.25) is 0 Å². The van der Waals surface area contributed by atoms with E-state index in [0.717, 1.165) is 27.7 Å². The van der Waals surface area contributed by atoms with Gasteiger partial charge in [0.15, 0.2) is 0 Å². The number of carbonyl (C=O) groups is 2. The number of carbonyl (C=O) groups excluding carboxylic acids is 2. The summed E-state index contributed by atoms with van der Waals surface area (Å²) < 4.78 is 1.91. The average Bonchev–Trinajstić information content (AvgIpc) is 3.15. The van der Waals surface area contributed by atoms with Crippen molar-refractivity contribution in [2.45, 2.75) is 18.9 Å². The summed E-state index contributed by atoms with van der Waals surface area (Å²) in [5.41, 5.74) is 10.0. The smallest absolute Gasteiger partial charge is 0.251 e. The zero-order valence-corrected chi connectivity index (χ0v) is 18.2. The van der Waals surface area contributed by atoms with Crippen molar-refractivity contribution >= 4 is 40.4 Å². The topological polar surface area (TPSA) is 76.1 Å². The Bertz CT molecular complexity index is 1110. The number of aryl methyl sites for hydroxylation is 1. The Morgan fingerprint density at radius 1 is 1.14 bits per heavy atom. The number of hydrogen-bond acceptors (Lipinski definition) is 3. The normalized spacial score (nSPS) is 16.0. The van der Waals surface area contributed by atoms with Gasteiger partial charge in [-0.15, -0.1) is 0 Å². The number of rotatable bonds is 4. The first-order valence-corrected chi connectivity index (χ1v) is 9.32. The van der Waals surface area contributed by atoms with Crippen LogP contribution in [0.1, 0.15) is 34.5 Å². The molecule has 0 bridgehead atoms. The largest absolute Gasteiger partial charge is 1.00 e. The molecule has 3 aromatic rings. The lowest BCUT2D eigenvalue weighted by atomic mass is 10.0. The molecule has 5 nitrogen and oxygen atoms in total. The molecule has 0 spiro atoms. The van der Waals surface area contributed by atoms with E-state index in [1.807, 2.05) is 78.4 Å². The van der Waals surface area contributed by atoms with Crippen LogP contribution >= 0.6 is 0 Å². The number of nitrogens with zero attached hydrogens (tertiary/aromatic N) is 1. The summed E-state index contributed by atoms with van der Waals surface area (Å²) in [4.78, 5) is 24.6. The third-order valence-electron chi connectivity index (χ3n) is 5.19. The maximum atomic E-state index is 13.0. The molecule has 1 fully saturated rings. The molecule has 2 heterocycles. The fourth-order valence-electron chi connectivity index (χ4n) is 3.62. The van der Waals surface area contributed by atoms with Gasteiger partial charge in [0.25, 0.3) is 5.69 Å². The number of pyridine rings is 1. The van der Waals surface area contributed by atoms with Crippen molar-refractivity contribution in [3.8, 4) is 0 Å². The number of fused-ring (bicyclic) bond motifs is 1. The van der Waals surface area contributed by atoms with Crippen LogP contribution < -0.4 is 39.6 Å². The van der Waals surface area contributed by atoms with E-state index in [4.69, 9.17) is 5.73 Å². The van der Waals surface area contributed by atoms with E-state index in [-0.39, 0.29) is 35.7 Å². The molecule has 0 saturated carbocycles. The minimum atomic E-state index is -0.450. The Morgan fingerprint density at radius 2 is 1.86 bits per heavy atom. The molecule has 1 amide bonds. The third-order valence-corrected chi connectivity index (χ3v) is 5.19. The molecular formula is C23H22IN3O2. The highest BCUT2D eigenvalue weighted by molar-refractivity contribution is 6.03. The molecule has 148 valence electrons. The van der Waals surface area contributed by atoms with Crippen LogP contribution in [-0.2, 0) is 11.8 Å². The van der Waals surface area contributed by atoms with Crippen LogP contribution in [-0.4, -0.2) is 17.7 Å². The predicted octanol–water partition coefficient (Wildman–Crippen LogP) is -0.118. The van der Waals surface area contributed by atoms with E-state index >= 15 is 0 Å². The summed E-state index contributed by atoms with van der Waals surface area (Å²) in [6.07, 6.45) is 4.96. The number of Topliss-reactive ketones (excluding diaryl/α,β-unsaturated/α-hetero) is 1. The molecule has 4 rings (SSSR count). The second kappa shape index (κ2) is 8.73. The zero-order chi connectivity index (χ0) is 19.7. The van der Waals surface area contributed by atoms with Gasteiger partial charge >= 0.3 is 0 Å². The van der Waals surface area contributed by atoms with E-state index < -0.39 is 6.04 Å². The van der Waals surface area contributed by atoms with Crippen molar-refractivity contribution in [1.82, 2.24) is 5.32 Å². The number of halogens is 1. The van der Waals surface area contributed by atoms with Gasteiger partial charge in [-0.1, -0.05) is 36.4 Å². The van der Waals surface area contributed by atoms with Crippen molar-refractivity contribution in [3.05, 3.63) is 71.4 Å². The first-order valence-electron chi connectivity index (χ1n) is 9.32. The maximum absolute atomic E-state index is 13.0. The third kappa shape index (κ3) is 4.32. The van der Waals surface area contributed by atoms with E-state index in [1.54, 1.807) is 0 Å². The molecule has 29 heavy (non-hydrogen) atoms. The molecule has 6 heteroatoms. The van der Waals surface area contributed by atoms with E-state index in [0.29, 0.717) is 18.5 Å². The number of para-hydroxylation sites is 1. The second-order valence-electron chi connectivity index (χ2n) is 7.08. The van der Waals surface area contributed by atoms with Gasteiger partial charge in [0.1, 0.15) is 7.05 Å². The number of benzene rings is 2. The Kier molecular flexibility index (Phi) is 6.32. The summed E-state index contributed by atoms with van der Waals surface area (Å²) in [5.74, 6) is -0.119. The van der Waals surface area contributed by atoms with Gasteiger partial charge in [0.05, 0.1) is 11.4 Å². The molecule has 2 aromatic carbocycles. The highest BCUT2D eigenvalue weighted by Crippen LogP contribution is 2.22. The van der Waals surface area contributed by atoms with Gasteiger partial charge in [-0.3, -0.25) is 9.59 Å². The van der Waals surface area contributed by atoms with Crippen LogP contribution in [0.25, 0.3) is 23.1 Å². The van der Waals surface area contributed by atoms with Crippen LogP contribution in [0.3, 0.4) is 0 Å². The van der Waals surface area contributed by atoms with E-state index in [1.165, 1.54) is 0 Å². The fraction of sp³-hybridized carbons (Fsp3) is 0.174. The van der Waals surface area contributed by atoms with E-state index in [2.05, 4.69) is 5.32 Å². The van der Waals surface area contributed by atoms with Crippen molar-refractivity contribution < 1.29 is 38.1 Å². The van der Waals surface area contributed by atoms with Gasteiger partial charge in [0, 0.05) is 24.2 Å². The Morgan fingerprint density at radius 3 is 2.55 bits per heavy atom. The van der Waals surface area contributed by atoms with Crippen LogP contribution in [0.5, 0.6) is 0 Å². The summed E-state index contributed by atoms with van der Waals surface area (Å²) in [6, 6.07) is 17.1. The number of nitrogens with two attached hydrogens (primary N) is 1. The zero-order valence-electron chi connectivity index (χ0n) is 16.1. The van der Waals surface area contributed by atoms with Gasteiger partial charge < -0.3 is 35.0 Å². The number of amides is 1. The molecule has 1 saturated heterocycles. The molecule has 0 aliphatic carbocycles. The number of hydrogen-bond donors (Lipinski definition) is 2. The highest BCUT2D eigenvalue weighted by Gasteiger charge is 2.33. The monoisotopic (exact) mass is 499 g/mol. The summed E-state index contributed by atoms with van der Waals surface area (Å²) in [6.45, 7) is 0. The van der Waals surface area contributed by atoms with Crippen molar-refractivity contribution in [3.63, 3.8) is 0 Å². The minimum absolute atomic E-state index is 0. The first kappa shape index (κ1) is 21.0. The molecule has 1 aliphatic heterocycles. The lowest BCUT2D eigenvalue weighted by molar-refractivity contribution is -0.647. The van der Waals surface area contributed by atoms with Crippen molar-refractivity contribution in [1.29, 1.82) is 0 Å². The average molecular weight is 499 g/mol. The quantitative estimate of drug-likeness (QED) is 0.228. The first-order chi connectivity index (χ1) is 13.5. The van der Waals surface area contributed by atoms with Crippen molar-refractivity contribution in [2.24, 2.45) is 7.05 Å². The Hall–Kier alpha value is -2.74. The molecule has 0 radical (unpaired) electrons. The van der Waals surface area contributed by atoms with Gasteiger partial charge in [-0.2, -0.15) is 4.57 Å². The van der Waals surface area contributed by atoms with Gasteiger partial charge in [-0.25, -0.2) is 0 Å². The van der Waals surface area contributed by atoms with Crippen LogP contribution in [0, 0.1) is 0 Å². The highest BCUT2D eigenvalue weighted by atomic mass is 127. The number of aromatic nitrogens is 1. The second-order valence-corrected chi connectivity index (χ2v) is 7.08. The Balaban J connectivity index is 0.00000240. The number of nitrogens with one attached hydrogen (secondary N) is 1. The summed E-state index contributed by atoms with van der Waals surface area (Å²) >= 11 is 0. The molecular weight excluding hydrogens is 477 g/mol. The minimum Gasteiger partial charge on any atom is -1.00 e. The molecule has 1 aromatic heterocycles. The van der Waals surface area contributed by atoms with Gasteiger partial charge in [0.2, 0.25) is 17.2 Å². The fourth-order valence-corrected chi connectivity index (χ4v) is 3.62. The SMILES string of the molecule is C[n+]1c(C(=O)[C@@H]2CCC(=O)N2)cc(C=Cc2ccc(N)cc2)c2ccccc21.[I-]. The lowest BCUT2D eigenvalue weighted by Gasteiger charge is -2.10. The Labute approximate surface area is 186 Å².